The van der Waals surface area contributed by atoms with Crippen molar-refractivity contribution >= 4 is 11.8 Å². The number of aryl methyl sites for hydroxylation is 1. The molecule has 0 aliphatic carbocycles. The van der Waals surface area contributed by atoms with Gasteiger partial charge < -0.3 is 10.3 Å². The summed E-state index contributed by atoms with van der Waals surface area (Å²) in [5.41, 5.74) is 5.85. The maximum absolute atomic E-state index is 5.60. The molecule has 1 aromatic heterocycles. The van der Waals surface area contributed by atoms with Crippen molar-refractivity contribution < 1.29 is 4.52 Å². The molecule has 0 saturated carbocycles. The highest BCUT2D eigenvalue weighted by Gasteiger charge is 2.18. The summed E-state index contributed by atoms with van der Waals surface area (Å²) in [4.78, 5) is 4.42. The van der Waals surface area contributed by atoms with Gasteiger partial charge in [0, 0.05) is 6.42 Å². The molecule has 0 spiro atoms. The molecule has 18 heavy (non-hydrogen) atoms. The summed E-state index contributed by atoms with van der Waals surface area (Å²) in [5.74, 6) is 3.57. The van der Waals surface area contributed by atoms with Gasteiger partial charge in [0.2, 0.25) is 5.89 Å². The minimum Gasteiger partial charge on any atom is -0.339 e. The third kappa shape index (κ3) is 5.87. The Labute approximate surface area is 114 Å². The maximum Gasteiger partial charge on any atom is 0.226 e. The zero-order valence-electron chi connectivity index (χ0n) is 11.7. The number of hydrogen-bond donors (Lipinski definition) is 1. The Bertz CT molecular complexity index is 339. The van der Waals surface area contributed by atoms with Crippen LogP contribution in [0.4, 0.5) is 0 Å². The van der Waals surface area contributed by atoms with Gasteiger partial charge in [-0.3, -0.25) is 0 Å². The minimum absolute atomic E-state index is 0.250. The molecule has 0 atom stereocenters. The summed E-state index contributed by atoms with van der Waals surface area (Å²) >= 11 is 1.85. The predicted octanol–water partition coefficient (Wildman–Crippen LogP) is 3.02. The minimum atomic E-state index is 0.250. The maximum atomic E-state index is 5.60. The first-order valence-corrected chi connectivity index (χ1v) is 7.82. The van der Waals surface area contributed by atoms with E-state index >= 15 is 0 Å². The zero-order chi connectivity index (χ0) is 13.4. The van der Waals surface area contributed by atoms with Crippen molar-refractivity contribution in [3.05, 3.63) is 11.7 Å². The molecule has 4 nitrogen and oxygen atoms in total. The molecule has 0 aromatic carbocycles. The van der Waals surface area contributed by atoms with E-state index < -0.39 is 0 Å². The molecule has 5 heteroatoms. The van der Waals surface area contributed by atoms with Gasteiger partial charge in [-0.1, -0.05) is 25.9 Å². The summed E-state index contributed by atoms with van der Waals surface area (Å²) < 4.78 is 5.26. The van der Waals surface area contributed by atoms with Gasteiger partial charge in [0.25, 0.3) is 0 Å². The van der Waals surface area contributed by atoms with E-state index in [0.29, 0.717) is 0 Å². The zero-order valence-corrected chi connectivity index (χ0v) is 12.6. The number of aromatic nitrogens is 2. The van der Waals surface area contributed by atoms with Crippen molar-refractivity contribution in [1.29, 1.82) is 0 Å². The second-order valence-corrected chi connectivity index (χ2v) is 6.46. The average Bonchev–Trinajstić information content (AvgIpc) is 2.75. The third-order valence-corrected chi connectivity index (χ3v) is 4.09. The smallest absolute Gasteiger partial charge is 0.226 e. The van der Waals surface area contributed by atoms with Crippen LogP contribution in [-0.2, 0) is 12.2 Å². The highest BCUT2D eigenvalue weighted by Crippen LogP contribution is 2.26. The van der Waals surface area contributed by atoms with Crippen LogP contribution in [-0.4, -0.2) is 22.4 Å². The first-order chi connectivity index (χ1) is 8.57. The Hall–Kier alpha value is -0.550. The van der Waals surface area contributed by atoms with Crippen molar-refractivity contribution in [2.75, 3.05) is 12.3 Å². The molecular weight excluding hydrogens is 246 g/mol. The van der Waals surface area contributed by atoms with Gasteiger partial charge in [-0.05, 0) is 37.0 Å². The van der Waals surface area contributed by atoms with E-state index in [2.05, 4.69) is 30.9 Å². The molecule has 0 bridgehead atoms. The van der Waals surface area contributed by atoms with Crippen LogP contribution in [0.1, 0.15) is 51.7 Å². The molecule has 0 radical (unpaired) electrons. The van der Waals surface area contributed by atoms with E-state index in [4.69, 9.17) is 10.3 Å². The number of nitrogens with two attached hydrogens (primary N) is 1. The van der Waals surface area contributed by atoms with Gasteiger partial charge in [0.15, 0.2) is 5.82 Å². The summed E-state index contributed by atoms with van der Waals surface area (Å²) in [6, 6.07) is 0. The molecule has 1 rings (SSSR count). The molecule has 2 N–H and O–H groups in total. The fourth-order valence-electron chi connectivity index (χ4n) is 1.72. The quantitative estimate of drug-likeness (QED) is 0.699. The van der Waals surface area contributed by atoms with Crippen LogP contribution in [0.3, 0.4) is 0 Å². The lowest BCUT2D eigenvalue weighted by atomic mass is 9.84. The molecule has 0 aliphatic rings. The summed E-state index contributed by atoms with van der Waals surface area (Å²) in [5, 5.41) is 4.00. The lowest BCUT2D eigenvalue weighted by molar-refractivity contribution is 0.289. The Kier molecular flexibility index (Phi) is 6.71. The Balaban J connectivity index is 2.35. The van der Waals surface area contributed by atoms with Crippen molar-refractivity contribution in [3.63, 3.8) is 0 Å². The van der Waals surface area contributed by atoms with E-state index in [9.17, 15) is 0 Å². The Morgan fingerprint density at radius 2 is 2.11 bits per heavy atom. The van der Waals surface area contributed by atoms with Crippen LogP contribution in [0.2, 0.25) is 0 Å². The Morgan fingerprint density at radius 3 is 2.78 bits per heavy atom. The number of hydrogen-bond acceptors (Lipinski definition) is 5. The summed E-state index contributed by atoms with van der Waals surface area (Å²) in [6.45, 7) is 7.37. The topological polar surface area (TPSA) is 64.9 Å². The van der Waals surface area contributed by atoms with Crippen LogP contribution in [0, 0.1) is 5.41 Å². The van der Waals surface area contributed by atoms with Gasteiger partial charge in [0.05, 0.1) is 5.75 Å². The van der Waals surface area contributed by atoms with Crippen LogP contribution >= 0.6 is 11.8 Å². The summed E-state index contributed by atoms with van der Waals surface area (Å²) in [7, 11) is 0. The van der Waals surface area contributed by atoms with Crippen LogP contribution in [0.15, 0.2) is 4.52 Å². The molecular formula is C13H25N3OS. The average molecular weight is 271 g/mol. The highest BCUT2D eigenvalue weighted by molar-refractivity contribution is 7.98. The van der Waals surface area contributed by atoms with E-state index in [-0.39, 0.29) is 5.41 Å². The van der Waals surface area contributed by atoms with Gasteiger partial charge in [-0.25, -0.2) is 0 Å². The highest BCUT2D eigenvalue weighted by atomic mass is 32.2. The third-order valence-electron chi connectivity index (χ3n) is 2.93. The molecule has 0 saturated heterocycles. The fraction of sp³-hybridized carbons (Fsp3) is 0.846. The van der Waals surface area contributed by atoms with Crippen molar-refractivity contribution in [1.82, 2.24) is 10.1 Å². The monoisotopic (exact) mass is 271 g/mol. The predicted molar refractivity (Wildman–Crippen MR) is 76.5 cm³/mol. The van der Waals surface area contributed by atoms with E-state index in [0.717, 1.165) is 49.0 Å². The van der Waals surface area contributed by atoms with Gasteiger partial charge in [-0.15, -0.1) is 0 Å². The first kappa shape index (κ1) is 15.5. The first-order valence-electron chi connectivity index (χ1n) is 6.66. The molecule has 1 aromatic rings. The van der Waals surface area contributed by atoms with Crippen molar-refractivity contribution in [3.8, 4) is 0 Å². The van der Waals surface area contributed by atoms with Crippen LogP contribution in [0.5, 0.6) is 0 Å². The lowest BCUT2D eigenvalue weighted by Crippen LogP contribution is -2.17. The SMILES string of the molecule is CCCSCc1noc(CCC(C)(C)CCN)n1. The summed E-state index contributed by atoms with van der Waals surface area (Å²) in [6.07, 6.45) is 4.09. The van der Waals surface area contributed by atoms with Gasteiger partial charge in [-0.2, -0.15) is 16.7 Å². The normalized spacial score (nSPS) is 12.0. The molecule has 0 aliphatic heterocycles. The van der Waals surface area contributed by atoms with Crippen LogP contribution in [0.25, 0.3) is 0 Å². The molecule has 1 heterocycles. The second-order valence-electron chi connectivity index (χ2n) is 5.36. The molecule has 0 fully saturated rings. The standard InChI is InChI=1S/C13H25N3OS/c1-4-9-18-10-11-15-12(17-16-11)5-6-13(2,3)7-8-14/h4-10,14H2,1-3H3. The number of rotatable bonds is 9. The second kappa shape index (κ2) is 7.79. The van der Waals surface area contributed by atoms with Gasteiger partial charge >= 0.3 is 0 Å². The van der Waals surface area contributed by atoms with Gasteiger partial charge in [0.1, 0.15) is 0 Å². The molecule has 0 amide bonds. The number of nitrogens with zero attached hydrogens (tertiary/aromatic N) is 2. The molecule has 0 unspecified atom stereocenters. The van der Waals surface area contributed by atoms with Crippen molar-refractivity contribution in [2.45, 2.75) is 52.2 Å². The number of thioether (sulfide) groups is 1. The molecule has 104 valence electrons. The lowest BCUT2D eigenvalue weighted by Gasteiger charge is -2.22. The van der Waals surface area contributed by atoms with E-state index in [1.807, 2.05) is 11.8 Å². The largest absolute Gasteiger partial charge is 0.339 e. The van der Waals surface area contributed by atoms with E-state index in [1.54, 1.807) is 0 Å². The van der Waals surface area contributed by atoms with Crippen molar-refractivity contribution in [2.24, 2.45) is 11.1 Å². The Morgan fingerprint density at radius 1 is 1.33 bits per heavy atom. The van der Waals surface area contributed by atoms with Crippen LogP contribution < -0.4 is 5.73 Å². The van der Waals surface area contributed by atoms with E-state index in [1.165, 1.54) is 6.42 Å². The fourth-order valence-corrected chi connectivity index (χ4v) is 2.45.